The summed E-state index contributed by atoms with van der Waals surface area (Å²) >= 11 is 0. The molecule has 0 aromatic heterocycles. The topological polar surface area (TPSA) is 79.6 Å². The van der Waals surface area contributed by atoms with Crippen LogP contribution in [0.5, 0.6) is 17.2 Å². The van der Waals surface area contributed by atoms with Gasteiger partial charge in [-0.25, -0.2) is 4.79 Å². The molecule has 0 spiro atoms. The molecule has 0 aliphatic carbocycles. The van der Waals surface area contributed by atoms with E-state index in [-0.39, 0.29) is 5.56 Å². The van der Waals surface area contributed by atoms with Gasteiger partial charge in [0.25, 0.3) is 0 Å². The van der Waals surface area contributed by atoms with E-state index in [1.165, 1.54) is 25.3 Å². The highest BCUT2D eigenvalue weighted by Gasteiger charge is 2.11. The Morgan fingerprint density at radius 1 is 1.15 bits per heavy atom. The van der Waals surface area contributed by atoms with Crippen molar-refractivity contribution in [3.8, 4) is 23.3 Å². The monoisotopic (exact) mass is 269 g/mol. The van der Waals surface area contributed by atoms with Crippen LogP contribution in [-0.2, 0) is 0 Å². The average Bonchev–Trinajstić information content (AvgIpc) is 2.48. The van der Waals surface area contributed by atoms with Gasteiger partial charge in [-0.1, -0.05) is 0 Å². The van der Waals surface area contributed by atoms with Crippen molar-refractivity contribution < 1.29 is 19.4 Å². The summed E-state index contributed by atoms with van der Waals surface area (Å²) in [5.41, 5.74) is 0.623. The summed E-state index contributed by atoms with van der Waals surface area (Å²) in [7, 11) is 1.47. The summed E-state index contributed by atoms with van der Waals surface area (Å²) in [4.78, 5) is 11.0. The molecule has 5 heteroatoms. The van der Waals surface area contributed by atoms with Crippen molar-refractivity contribution in [2.24, 2.45) is 0 Å². The maximum atomic E-state index is 11.0. The molecule has 0 heterocycles. The number of nitriles is 1. The van der Waals surface area contributed by atoms with E-state index in [4.69, 9.17) is 19.8 Å². The summed E-state index contributed by atoms with van der Waals surface area (Å²) in [5.74, 6) is 0.179. The van der Waals surface area contributed by atoms with Crippen LogP contribution < -0.4 is 9.47 Å². The Balaban J connectivity index is 2.33. The quantitative estimate of drug-likeness (QED) is 0.922. The lowest BCUT2D eigenvalue weighted by molar-refractivity contribution is 0.0696. The third kappa shape index (κ3) is 2.87. The Morgan fingerprint density at radius 2 is 1.85 bits per heavy atom. The zero-order valence-corrected chi connectivity index (χ0v) is 10.7. The number of rotatable bonds is 4. The van der Waals surface area contributed by atoms with E-state index in [1.807, 2.05) is 6.07 Å². The number of benzene rings is 2. The normalized spacial score (nSPS) is 9.60. The molecule has 2 rings (SSSR count). The molecule has 100 valence electrons. The first-order valence-electron chi connectivity index (χ1n) is 5.73. The van der Waals surface area contributed by atoms with Gasteiger partial charge in [-0.3, -0.25) is 0 Å². The van der Waals surface area contributed by atoms with E-state index in [0.29, 0.717) is 22.8 Å². The minimum Gasteiger partial charge on any atom is -0.493 e. The van der Waals surface area contributed by atoms with Crippen molar-refractivity contribution in [1.29, 1.82) is 5.26 Å². The molecule has 0 saturated heterocycles. The van der Waals surface area contributed by atoms with Gasteiger partial charge in [-0.2, -0.15) is 5.26 Å². The van der Waals surface area contributed by atoms with Gasteiger partial charge in [-0.05, 0) is 42.5 Å². The van der Waals surface area contributed by atoms with E-state index >= 15 is 0 Å². The van der Waals surface area contributed by atoms with Crippen LogP contribution in [0.15, 0.2) is 42.5 Å². The van der Waals surface area contributed by atoms with Crippen molar-refractivity contribution in [3.63, 3.8) is 0 Å². The molecule has 5 nitrogen and oxygen atoms in total. The summed E-state index contributed by atoms with van der Waals surface area (Å²) in [5, 5.41) is 17.7. The molecule has 0 radical (unpaired) electrons. The molecule has 2 aromatic carbocycles. The smallest absolute Gasteiger partial charge is 0.335 e. The van der Waals surface area contributed by atoms with Gasteiger partial charge in [0.1, 0.15) is 5.75 Å². The number of methoxy groups -OCH3 is 1. The highest BCUT2D eigenvalue weighted by Crippen LogP contribution is 2.32. The van der Waals surface area contributed by atoms with Crippen molar-refractivity contribution in [3.05, 3.63) is 53.6 Å². The Bertz CT molecular complexity index is 671. The third-order valence-electron chi connectivity index (χ3n) is 2.62. The lowest BCUT2D eigenvalue weighted by Crippen LogP contribution is -1.98. The predicted molar refractivity (Wildman–Crippen MR) is 71.2 cm³/mol. The van der Waals surface area contributed by atoms with Crippen LogP contribution in [0.25, 0.3) is 0 Å². The van der Waals surface area contributed by atoms with E-state index < -0.39 is 5.97 Å². The van der Waals surface area contributed by atoms with Crippen LogP contribution in [0, 0.1) is 11.3 Å². The first-order valence-corrected chi connectivity index (χ1v) is 5.73. The summed E-state index contributed by atoms with van der Waals surface area (Å²) < 4.78 is 10.7. The van der Waals surface area contributed by atoms with Gasteiger partial charge in [0.05, 0.1) is 24.3 Å². The van der Waals surface area contributed by atoms with E-state index in [1.54, 1.807) is 24.3 Å². The molecule has 0 saturated carbocycles. The van der Waals surface area contributed by atoms with Crippen molar-refractivity contribution in [1.82, 2.24) is 0 Å². The Labute approximate surface area is 115 Å². The van der Waals surface area contributed by atoms with Gasteiger partial charge in [-0.15, -0.1) is 0 Å². The molecule has 0 atom stereocenters. The van der Waals surface area contributed by atoms with Gasteiger partial charge >= 0.3 is 5.97 Å². The van der Waals surface area contributed by atoms with Gasteiger partial charge in [0, 0.05) is 0 Å². The molecule has 2 aromatic rings. The fraction of sp³-hybridized carbons (Fsp3) is 0.0667. The molecule has 0 fully saturated rings. The van der Waals surface area contributed by atoms with Crippen LogP contribution in [-0.4, -0.2) is 18.2 Å². The zero-order chi connectivity index (χ0) is 14.5. The Morgan fingerprint density at radius 3 is 2.40 bits per heavy atom. The first-order chi connectivity index (χ1) is 9.63. The number of carboxylic acid groups (broad SMARTS) is 1. The number of nitrogens with zero attached hydrogens (tertiary/aromatic N) is 1. The molecular formula is C15H11NO4. The number of ether oxygens (including phenoxy) is 2. The standard InChI is InChI=1S/C15H11NO4/c1-19-13-7-4-11(15(17)18)8-14(13)20-12-5-2-10(9-16)3-6-12/h2-8H,1H3,(H,17,18). The van der Waals surface area contributed by atoms with Crippen LogP contribution >= 0.6 is 0 Å². The van der Waals surface area contributed by atoms with E-state index in [0.717, 1.165) is 0 Å². The number of carboxylic acids is 1. The van der Waals surface area contributed by atoms with Gasteiger partial charge < -0.3 is 14.6 Å². The maximum absolute atomic E-state index is 11.0. The van der Waals surface area contributed by atoms with Crippen molar-refractivity contribution in [2.75, 3.05) is 7.11 Å². The molecule has 1 N–H and O–H groups in total. The lowest BCUT2D eigenvalue weighted by Gasteiger charge is -2.11. The van der Waals surface area contributed by atoms with Crippen LogP contribution in [0.2, 0.25) is 0 Å². The summed E-state index contributed by atoms with van der Waals surface area (Å²) in [6.07, 6.45) is 0. The largest absolute Gasteiger partial charge is 0.493 e. The minimum atomic E-state index is -1.04. The summed E-state index contributed by atoms with van der Waals surface area (Å²) in [6.45, 7) is 0. The van der Waals surface area contributed by atoms with Gasteiger partial charge in [0.15, 0.2) is 11.5 Å². The second-order valence-corrected chi connectivity index (χ2v) is 3.91. The average molecular weight is 269 g/mol. The molecule has 0 amide bonds. The highest BCUT2D eigenvalue weighted by atomic mass is 16.5. The number of hydrogen-bond donors (Lipinski definition) is 1. The second-order valence-electron chi connectivity index (χ2n) is 3.91. The van der Waals surface area contributed by atoms with Crippen molar-refractivity contribution >= 4 is 5.97 Å². The molecule has 0 aliphatic heterocycles. The molecule has 0 bridgehead atoms. The third-order valence-corrected chi connectivity index (χ3v) is 2.62. The SMILES string of the molecule is COc1ccc(C(=O)O)cc1Oc1ccc(C#N)cc1. The zero-order valence-electron chi connectivity index (χ0n) is 10.7. The Kier molecular flexibility index (Phi) is 3.87. The predicted octanol–water partition coefficient (Wildman–Crippen LogP) is 3.06. The number of carbonyl (C=O) groups is 1. The van der Waals surface area contributed by atoms with Gasteiger partial charge in [0.2, 0.25) is 0 Å². The van der Waals surface area contributed by atoms with Crippen molar-refractivity contribution in [2.45, 2.75) is 0 Å². The van der Waals surface area contributed by atoms with E-state index in [9.17, 15) is 4.79 Å². The first kappa shape index (κ1) is 13.4. The van der Waals surface area contributed by atoms with Crippen LogP contribution in [0.3, 0.4) is 0 Å². The number of hydrogen-bond acceptors (Lipinski definition) is 4. The second kappa shape index (κ2) is 5.76. The molecular weight excluding hydrogens is 258 g/mol. The fourth-order valence-corrected chi connectivity index (χ4v) is 1.61. The highest BCUT2D eigenvalue weighted by molar-refractivity contribution is 5.88. The van der Waals surface area contributed by atoms with Crippen LogP contribution in [0.4, 0.5) is 0 Å². The Hall–Kier alpha value is -3.00. The van der Waals surface area contributed by atoms with Crippen LogP contribution in [0.1, 0.15) is 15.9 Å². The maximum Gasteiger partial charge on any atom is 0.335 e. The summed E-state index contributed by atoms with van der Waals surface area (Å²) in [6, 6.07) is 12.9. The fourth-order valence-electron chi connectivity index (χ4n) is 1.61. The molecule has 0 unspecified atom stereocenters. The minimum absolute atomic E-state index is 0.106. The van der Waals surface area contributed by atoms with E-state index in [2.05, 4.69) is 0 Å². The molecule has 20 heavy (non-hydrogen) atoms. The molecule has 0 aliphatic rings. The lowest BCUT2D eigenvalue weighted by atomic mass is 10.2. The number of aromatic carboxylic acids is 1.